The van der Waals surface area contributed by atoms with Gasteiger partial charge in [-0.2, -0.15) is 0 Å². The van der Waals surface area contributed by atoms with Gasteiger partial charge in [0.1, 0.15) is 11.6 Å². The average Bonchev–Trinajstić information content (AvgIpc) is 3.56. The average molecular weight is 530 g/mol. The van der Waals surface area contributed by atoms with Crippen molar-refractivity contribution < 1.29 is 19.7 Å². The van der Waals surface area contributed by atoms with E-state index >= 15 is 4.39 Å². The van der Waals surface area contributed by atoms with Crippen LogP contribution in [0, 0.1) is 29.4 Å². The number of ketones is 1. The van der Waals surface area contributed by atoms with E-state index in [2.05, 4.69) is 0 Å². The molecule has 5 rings (SSSR count). The second-order valence-electron chi connectivity index (χ2n) is 11.0. The lowest BCUT2D eigenvalue weighted by Gasteiger charge is -2.30. The molecule has 0 spiro atoms. The smallest absolute Gasteiger partial charge is 0.230 e. The highest BCUT2D eigenvalue weighted by Gasteiger charge is 2.44. The largest absolute Gasteiger partial charge is 0.378 e. The van der Waals surface area contributed by atoms with E-state index in [0.29, 0.717) is 17.0 Å². The Kier molecular flexibility index (Phi) is 7.27. The summed E-state index contributed by atoms with van der Waals surface area (Å²) in [6.45, 7) is -0.0203. The number of allylic oxidation sites excluding steroid dienone is 1. The Labute approximate surface area is 230 Å². The highest BCUT2D eigenvalue weighted by atomic mass is 19.1. The van der Waals surface area contributed by atoms with E-state index < -0.39 is 18.2 Å². The van der Waals surface area contributed by atoms with Gasteiger partial charge in [0.05, 0.1) is 7.89 Å². The minimum Gasteiger partial charge on any atom is -0.378 e. The highest BCUT2D eigenvalue weighted by molar-refractivity contribution is 5.96. The maximum Gasteiger partial charge on any atom is 0.230 e. The highest BCUT2D eigenvalue weighted by Crippen LogP contribution is 2.49. The van der Waals surface area contributed by atoms with Crippen LogP contribution >= 0.6 is 0 Å². The first-order chi connectivity index (χ1) is 19.1. The van der Waals surface area contributed by atoms with E-state index in [0.717, 1.165) is 36.9 Å². The summed E-state index contributed by atoms with van der Waals surface area (Å²) in [5.41, 5.74) is 3.12. The zero-order chi connectivity index (χ0) is 28.6. The van der Waals surface area contributed by atoms with Gasteiger partial charge < -0.3 is 9.80 Å². The Morgan fingerprint density at radius 3 is 2.31 bits per heavy atom. The quantitative estimate of drug-likeness (QED) is 0.288. The van der Waals surface area contributed by atoms with Crippen molar-refractivity contribution in [1.82, 2.24) is 0 Å². The molecule has 2 aliphatic rings. The summed E-state index contributed by atoms with van der Waals surface area (Å²) >= 11 is 0. The van der Waals surface area contributed by atoms with Crippen molar-refractivity contribution in [3.63, 3.8) is 0 Å². The molecule has 39 heavy (non-hydrogen) atoms. The van der Waals surface area contributed by atoms with Crippen LogP contribution in [0.4, 0.5) is 20.2 Å². The molecule has 0 saturated heterocycles. The fraction of sp³-hybridized carbons (Fsp3) is 0.333. The van der Waals surface area contributed by atoms with Crippen molar-refractivity contribution in [2.24, 2.45) is 17.8 Å². The Hall–Kier alpha value is -3.80. The summed E-state index contributed by atoms with van der Waals surface area (Å²) in [5, 5.41) is 0. The zero-order valence-electron chi connectivity index (χ0n) is 23.5. The molecule has 202 valence electrons. The standard InChI is InChI=1S/C33H34F2N2O2/c1-21(38)4-5-23-15-28(34)19-30(16-23)37(33(39)31-17-22-6-7-26(31)14-22)20-27-9-8-25(18-32(27)35)24-10-12-29(13-11-24)36(2)3/h4-5,8-13,15-16,18-19,22,26,31H,6-7,14,17,20H2,1-3H3/b5-4+/t22-,26+,31-/m1/s1/i20D/t20-,22-,26+,31-. The second-order valence-corrected chi connectivity index (χ2v) is 11.0. The van der Waals surface area contributed by atoms with Crippen LogP contribution in [0.1, 0.15) is 45.1 Å². The Balaban J connectivity index is 1.51. The number of amides is 1. The molecule has 0 N–H and O–H groups in total. The number of nitrogens with zero attached hydrogens (tertiary/aromatic N) is 2. The third-order valence-corrected chi connectivity index (χ3v) is 7.97. The predicted octanol–water partition coefficient (Wildman–Crippen LogP) is 7.27. The van der Waals surface area contributed by atoms with Gasteiger partial charge in [-0.1, -0.05) is 36.8 Å². The van der Waals surface area contributed by atoms with E-state index in [4.69, 9.17) is 1.37 Å². The SMILES string of the molecule is [2H][C@H](c1ccc(-c2ccc(N(C)C)cc2)cc1F)N(C(=O)[C@@H]1C[C@@H]2CC[C@H]1C2)c1cc(F)cc(/C=C/C(C)=O)c1. The summed E-state index contributed by atoms with van der Waals surface area (Å²) in [6.07, 6.45) is 6.59. The van der Waals surface area contributed by atoms with E-state index in [1.54, 1.807) is 18.2 Å². The predicted molar refractivity (Wildman–Crippen MR) is 152 cm³/mol. The maximum absolute atomic E-state index is 15.6. The van der Waals surface area contributed by atoms with Crippen molar-refractivity contribution in [3.05, 3.63) is 89.5 Å². The fourth-order valence-corrected chi connectivity index (χ4v) is 5.94. The first-order valence-corrected chi connectivity index (χ1v) is 13.4. The van der Waals surface area contributed by atoms with Gasteiger partial charge in [0.15, 0.2) is 5.78 Å². The number of fused-ring (bicyclic) bond motifs is 2. The van der Waals surface area contributed by atoms with Gasteiger partial charge in [0, 0.05) is 37.0 Å². The van der Waals surface area contributed by atoms with Gasteiger partial charge in [-0.05, 0) is 97.2 Å². The molecule has 6 heteroatoms. The maximum atomic E-state index is 15.6. The Morgan fingerprint density at radius 2 is 1.69 bits per heavy atom. The van der Waals surface area contributed by atoms with Crippen LogP contribution in [0.3, 0.4) is 0 Å². The molecule has 0 aromatic heterocycles. The molecule has 2 saturated carbocycles. The van der Waals surface area contributed by atoms with Gasteiger partial charge in [-0.25, -0.2) is 8.78 Å². The zero-order valence-corrected chi connectivity index (χ0v) is 22.5. The van der Waals surface area contributed by atoms with Crippen LogP contribution in [-0.4, -0.2) is 25.8 Å². The summed E-state index contributed by atoms with van der Waals surface area (Å²) in [7, 11) is 3.89. The molecule has 2 bridgehead atoms. The number of anilines is 2. The van der Waals surface area contributed by atoms with Gasteiger partial charge >= 0.3 is 0 Å². The lowest BCUT2D eigenvalue weighted by Crippen LogP contribution is -2.38. The summed E-state index contributed by atoms with van der Waals surface area (Å²) in [6, 6.07) is 16.4. The number of halogens is 2. The molecule has 0 radical (unpaired) electrons. The molecule has 1 amide bonds. The van der Waals surface area contributed by atoms with Crippen molar-refractivity contribution in [2.75, 3.05) is 23.9 Å². The van der Waals surface area contributed by atoms with Crippen LogP contribution < -0.4 is 9.80 Å². The van der Waals surface area contributed by atoms with E-state index in [1.807, 2.05) is 43.3 Å². The number of hydrogen-bond donors (Lipinski definition) is 0. The molecule has 4 atom stereocenters. The van der Waals surface area contributed by atoms with Crippen molar-refractivity contribution in [1.29, 1.82) is 0 Å². The monoisotopic (exact) mass is 529 g/mol. The normalized spacial score (nSPS) is 21.2. The Bertz CT molecular complexity index is 1450. The van der Waals surface area contributed by atoms with Gasteiger partial charge in [0.2, 0.25) is 5.91 Å². The molecule has 4 nitrogen and oxygen atoms in total. The molecule has 0 unspecified atom stereocenters. The molecule has 2 aliphatic carbocycles. The first-order valence-electron chi connectivity index (χ1n) is 14.0. The molecule has 2 fully saturated rings. The summed E-state index contributed by atoms with van der Waals surface area (Å²) < 4.78 is 39.5. The molecule has 0 heterocycles. The van der Waals surface area contributed by atoms with Crippen LogP contribution in [0.25, 0.3) is 17.2 Å². The second kappa shape index (κ2) is 11.1. The Morgan fingerprint density at radius 1 is 0.949 bits per heavy atom. The fourth-order valence-electron chi connectivity index (χ4n) is 5.94. The summed E-state index contributed by atoms with van der Waals surface area (Å²) in [4.78, 5) is 28.7. The van der Waals surface area contributed by atoms with Crippen molar-refractivity contribution in [2.45, 2.75) is 39.1 Å². The van der Waals surface area contributed by atoms with E-state index in [9.17, 15) is 14.0 Å². The topological polar surface area (TPSA) is 40.6 Å². The lowest BCUT2D eigenvalue weighted by molar-refractivity contribution is -0.124. The third kappa shape index (κ3) is 5.95. The molecule has 3 aromatic rings. The molecule has 3 aromatic carbocycles. The van der Waals surface area contributed by atoms with Crippen LogP contribution in [0.2, 0.25) is 0 Å². The molecule has 0 aliphatic heterocycles. The molecular weight excluding hydrogens is 494 g/mol. The number of benzene rings is 3. The number of rotatable bonds is 8. The third-order valence-electron chi connectivity index (χ3n) is 7.97. The minimum absolute atomic E-state index is 0.0373. The minimum atomic E-state index is -1.41. The van der Waals surface area contributed by atoms with Crippen LogP contribution in [-0.2, 0) is 16.1 Å². The molecular formula is C33H34F2N2O2. The lowest BCUT2D eigenvalue weighted by atomic mass is 9.87. The van der Waals surface area contributed by atoms with Crippen LogP contribution in [0.5, 0.6) is 0 Å². The van der Waals surface area contributed by atoms with E-state index in [-0.39, 0.29) is 34.8 Å². The number of hydrogen-bond acceptors (Lipinski definition) is 3. The van der Waals surface area contributed by atoms with Crippen molar-refractivity contribution in [3.8, 4) is 11.1 Å². The van der Waals surface area contributed by atoms with Gasteiger partial charge in [0.25, 0.3) is 0 Å². The van der Waals surface area contributed by atoms with Crippen LogP contribution in [0.15, 0.2) is 66.7 Å². The number of carbonyl (C=O) groups excluding carboxylic acids is 2. The van der Waals surface area contributed by atoms with Gasteiger partial charge in [-0.15, -0.1) is 0 Å². The van der Waals surface area contributed by atoms with Crippen molar-refractivity contribution >= 4 is 29.1 Å². The van der Waals surface area contributed by atoms with Gasteiger partial charge in [-0.3, -0.25) is 9.59 Å². The van der Waals surface area contributed by atoms with E-state index in [1.165, 1.54) is 42.2 Å². The number of carbonyl (C=O) groups is 2. The first kappa shape index (κ1) is 25.5. The summed E-state index contributed by atoms with van der Waals surface area (Å²) in [5.74, 6) is -1.23.